The van der Waals surface area contributed by atoms with Gasteiger partial charge in [0.15, 0.2) is 0 Å². The first-order valence-corrected chi connectivity index (χ1v) is 4.02. The Balaban J connectivity index is 4.61. The van der Waals surface area contributed by atoms with Crippen molar-refractivity contribution in [2.24, 2.45) is 0 Å². The predicted octanol–water partition coefficient (Wildman–Crippen LogP) is 1.36. The van der Waals surface area contributed by atoms with E-state index in [4.69, 9.17) is 0 Å². The standard InChI is InChI=1S/C7H10ClFO4/c1-3-7(9,6(11)13-8)5(10)12-4-2/h3-4H2,1-2H3. The van der Waals surface area contributed by atoms with Gasteiger partial charge in [-0.2, -0.15) is 0 Å². The monoisotopic (exact) mass is 212 g/mol. The van der Waals surface area contributed by atoms with E-state index < -0.39 is 17.6 Å². The molecule has 0 aliphatic heterocycles. The molecule has 0 radical (unpaired) electrons. The van der Waals surface area contributed by atoms with Gasteiger partial charge in [-0.3, -0.25) is 0 Å². The van der Waals surface area contributed by atoms with E-state index in [2.05, 4.69) is 20.9 Å². The lowest BCUT2D eigenvalue weighted by atomic mass is 10.0. The first-order valence-electron chi connectivity index (χ1n) is 3.72. The van der Waals surface area contributed by atoms with Gasteiger partial charge in [0.1, 0.15) is 11.9 Å². The highest BCUT2D eigenvalue weighted by Crippen LogP contribution is 2.20. The molecule has 0 aromatic carbocycles. The molecule has 0 saturated heterocycles. The molecular formula is C7H10ClFO4. The van der Waals surface area contributed by atoms with Crippen molar-refractivity contribution in [3.63, 3.8) is 0 Å². The molecule has 0 amide bonds. The van der Waals surface area contributed by atoms with Crippen molar-refractivity contribution in [1.29, 1.82) is 0 Å². The average Bonchev–Trinajstić information content (AvgIpc) is 2.15. The summed E-state index contributed by atoms with van der Waals surface area (Å²) in [5.41, 5.74) is -2.79. The van der Waals surface area contributed by atoms with Gasteiger partial charge in [0.25, 0.3) is 0 Å². The molecular weight excluding hydrogens is 203 g/mol. The van der Waals surface area contributed by atoms with Gasteiger partial charge < -0.3 is 9.03 Å². The number of halogens is 2. The lowest BCUT2D eigenvalue weighted by molar-refractivity contribution is -0.169. The molecule has 0 heterocycles. The van der Waals surface area contributed by atoms with Crippen LogP contribution in [-0.4, -0.2) is 24.2 Å². The summed E-state index contributed by atoms with van der Waals surface area (Å²) in [6.45, 7) is 2.80. The van der Waals surface area contributed by atoms with Crippen molar-refractivity contribution in [3.05, 3.63) is 0 Å². The Morgan fingerprint density at radius 3 is 2.23 bits per heavy atom. The zero-order valence-electron chi connectivity index (χ0n) is 7.30. The van der Waals surface area contributed by atoms with Gasteiger partial charge in [-0.25, -0.2) is 14.0 Å². The quantitative estimate of drug-likeness (QED) is 0.522. The topological polar surface area (TPSA) is 52.6 Å². The molecule has 0 aromatic heterocycles. The fourth-order valence-electron chi connectivity index (χ4n) is 0.679. The van der Waals surface area contributed by atoms with Crippen LogP contribution in [0.2, 0.25) is 0 Å². The fraction of sp³-hybridized carbons (Fsp3) is 0.714. The van der Waals surface area contributed by atoms with Gasteiger partial charge in [0.05, 0.1) is 6.61 Å². The number of hydrogen-bond acceptors (Lipinski definition) is 4. The summed E-state index contributed by atoms with van der Waals surface area (Å²) >= 11 is 4.66. The molecule has 0 aliphatic carbocycles. The average molecular weight is 213 g/mol. The number of alkyl halides is 1. The minimum Gasteiger partial charge on any atom is -0.463 e. The molecule has 0 spiro atoms. The second-order valence-electron chi connectivity index (χ2n) is 2.24. The number of carbonyl (C=O) groups excluding carboxylic acids is 2. The van der Waals surface area contributed by atoms with Gasteiger partial charge in [0, 0.05) is 6.42 Å². The molecule has 1 unspecified atom stereocenters. The molecule has 13 heavy (non-hydrogen) atoms. The van der Waals surface area contributed by atoms with E-state index in [1.165, 1.54) is 13.8 Å². The molecule has 4 nitrogen and oxygen atoms in total. The minimum atomic E-state index is -2.79. The Hall–Kier alpha value is -0.840. The Kier molecular flexibility index (Phi) is 4.69. The summed E-state index contributed by atoms with van der Waals surface area (Å²) in [6, 6.07) is 0. The second-order valence-corrected chi connectivity index (χ2v) is 2.39. The third kappa shape index (κ3) is 2.55. The van der Waals surface area contributed by atoms with Gasteiger partial charge in [-0.15, -0.1) is 0 Å². The van der Waals surface area contributed by atoms with E-state index in [0.29, 0.717) is 0 Å². The van der Waals surface area contributed by atoms with Crippen LogP contribution in [-0.2, 0) is 18.6 Å². The Morgan fingerprint density at radius 1 is 1.38 bits per heavy atom. The minimum absolute atomic E-state index is 0.0138. The summed E-state index contributed by atoms with van der Waals surface area (Å²) in [5.74, 6) is -2.72. The summed E-state index contributed by atoms with van der Waals surface area (Å²) in [7, 11) is 0. The molecule has 76 valence electrons. The molecule has 0 bridgehead atoms. The van der Waals surface area contributed by atoms with Crippen molar-refractivity contribution in [2.45, 2.75) is 25.9 Å². The highest BCUT2D eigenvalue weighted by molar-refractivity contribution is 6.17. The number of carbonyl (C=O) groups is 2. The van der Waals surface area contributed by atoms with E-state index in [0.717, 1.165) is 0 Å². The molecule has 6 heteroatoms. The maximum absolute atomic E-state index is 13.5. The first kappa shape index (κ1) is 12.2. The summed E-state index contributed by atoms with van der Waals surface area (Å²) < 4.78 is 21.4. The predicted molar refractivity (Wildman–Crippen MR) is 42.7 cm³/mol. The van der Waals surface area contributed by atoms with Gasteiger partial charge >= 0.3 is 17.6 Å². The van der Waals surface area contributed by atoms with Crippen molar-refractivity contribution in [2.75, 3.05) is 6.61 Å². The largest absolute Gasteiger partial charge is 0.463 e. The van der Waals surface area contributed by atoms with Crippen molar-refractivity contribution in [3.8, 4) is 0 Å². The van der Waals surface area contributed by atoms with E-state index in [1.54, 1.807) is 0 Å². The van der Waals surface area contributed by atoms with Gasteiger partial charge in [-0.05, 0) is 6.92 Å². The molecule has 0 saturated carbocycles. The SMILES string of the molecule is CCOC(=O)C(F)(CC)C(=O)OCl. The van der Waals surface area contributed by atoms with Crippen LogP contribution in [0.1, 0.15) is 20.3 Å². The number of ether oxygens (including phenoxy) is 1. The Bertz CT molecular complexity index is 209. The molecule has 0 aliphatic rings. The summed E-state index contributed by atoms with van der Waals surface area (Å²) in [6.07, 6.45) is -0.378. The van der Waals surface area contributed by atoms with Crippen LogP contribution in [0.5, 0.6) is 0 Å². The van der Waals surface area contributed by atoms with Crippen LogP contribution in [0.25, 0.3) is 0 Å². The number of rotatable bonds is 4. The van der Waals surface area contributed by atoms with E-state index >= 15 is 0 Å². The van der Waals surface area contributed by atoms with Crippen LogP contribution in [0, 0.1) is 0 Å². The van der Waals surface area contributed by atoms with Crippen molar-refractivity contribution >= 4 is 23.8 Å². The summed E-state index contributed by atoms with van der Waals surface area (Å²) in [5, 5.41) is 0. The van der Waals surface area contributed by atoms with Gasteiger partial charge in [-0.1, -0.05) is 6.92 Å². The highest BCUT2D eigenvalue weighted by Gasteiger charge is 2.48. The first-order chi connectivity index (χ1) is 6.02. The van der Waals surface area contributed by atoms with Crippen LogP contribution in [0.3, 0.4) is 0 Å². The molecule has 1 atom stereocenters. The third-order valence-corrected chi connectivity index (χ3v) is 1.62. The van der Waals surface area contributed by atoms with Gasteiger partial charge in [0.2, 0.25) is 0 Å². The molecule has 0 aromatic rings. The zero-order chi connectivity index (χ0) is 10.5. The third-order valence-electron chi connectivity index (χ3n) is 1.48. The number of esters is 1. The second kappa shape index (κ2) is 5.01. The zero-order valence-corrected chi connectivity index (χ0v) is 8.06. The van der Waals surface area contributed by atoms with Crippen LogP contribution in [0.15, 0.2) is 0 Å². The normalized spacial score (nSPS) is 14.5. The van der Waals surface area contributed by atoms with Crippen LogP contribution < -0.4 is 0 Å². The van der Waals surface area contributed by atoms with E-state index in [-0.39, 0.29) is 13.0 Å². The summed E-state index contributed by atoms with van der Waals surface area (Å²) in [4.78, 5) is 21.7. The smallest absolute Gasteiger partial charge is 0.373 e. The van der Waals surface area contributed by atoms with Crippen molar-refractivity contribution < 1.29 is 23.0 Å². The Labute approximate surface area is 80.1 Å². The number of hydrogen-bond donors (Lipinski definition) is 0. The van der Waals surface area contributed by atoms with E-state index in [9.17, 15) is 14.0 Å². The maximum atomic E-state index is 13.5. The maximum Gasteiger partial charge on any atom is 0.373 e. The molecule has 0 rings (SSSR count). The van der Waals surface area contributed by atoms with Crippen LogP contribution >= 0.6 is 11.9 Å². The van der Waals surface area contributed by atoms with E-state index in [1.807, 2.05) is 0 Å². The highest BCUT2D eigenvalue weighted by atomic mass is 35.5. The fourth-order valence-corrected chi connectivity index (χ4v) is 0.801. The van der Waals surface area contributed by atoms with Crippen LogP contribution in [0.4, 0.5) is 4.39 Å². The Morgan fingerprint density at radius 2 is 1.92 bits per heavy atom. The lowest BCUT2D eigenvalue weighted by Crippen LogP contribution is -2.43. The van der Waals surface area contributed by atoms with Crippen molar-refractivity contribution in [1.82, 2.24) is 0 Å². The molecule has 0 N–H and O–H groups in total. The lowest BCUT2D eigenvalue weighted by Gasteiger charge is -2.16. The molecule has 0 fully saturated rings.